The first kappa shape index (κ1) is 10.0. The standard InChI is InChI=1S/C10H9NO3S/c12-8-4-5-15-7-3-1-2-6(10(13)14)9(7)11-8/h1-3H,4-5H2,(H,11,12)(H,13,14). The molecule has 5 heteroatoms. The maximum absolute atomic E-state index is 11.3. The van der Waals surface area contributed by atoms with Crippen molar-refractivity contribution in [2.45, 2.75) is 11.3 Å². The molecule has 2 rings (SSSR count). The average molecular weight is 223 g/mol. The Morgan fingerprint density at radius 2 is 2.27 bits per heavy atom. The summed E-state index contributed by atoms with van der Waals surface area (Å²) in [6.45, 7) is 0. The van der Waals surface area contributed by atoms with Crippen molar-refractivity contribution in [2.24, 2.45) is 0 Å². The van der Waals surface area contributed by atoms with E-state index in [2.05, 4.69) is 5.32 Å². The fourth-order valence-corrected chi connectivity index (χ4v) is 2.40. The van der Waals surface area contributed by atoms with E-state index in [9.17, 15) is 9.59 Å². The largest absolute Gasteiger partial charge is 0.478 e. The zero-order valence-corrected chi connectivity index (χ0v) is 8.63. The van der Waals surface area contributed by atoms with Gasteiger partial charge >= 0.3 is 5.97 Å². The lowest BCUT2D eigenvalue weighted by atomic mass is 10.1. The fraction of sp³-hybridized carbons (Fsp3) is 0.200. The normalized spacial score (nSPS) is 15.1. The number of anilines is 1. The maximum Gasteiger partial charge on any atom is 0.337 e. The highest BCUT2D eigenvalue weighted by molar-refractivity contribution is 7.99. The number of hydrogen-bond donors (Lipinski definition) is 2. The van der Waals surface area contributed by atoms with E-state index in [0.717, 1.165) is 4.90 Å². The molecule has 0 aliphatic carbocycles. The zero-order chi connectivity index (χ0) is 10.8. The summed E-state index contributed by atoms with van der Waals surface area (Å²) in [5, 5.41) is 11.6. The number of para-hydroxylation sites is 1. The Kier molecular flexibility index (Phi) is 2.64. The molecular weight excluding hydrogens is 214 g/mol. The quantitative estimate of drug-likeness (QED) is 0.762. The Bertz CT molecular complexity index is 431. The number of nitrogens with one attached hydrogen (secondary N) is 1. The number of carboxylic acids is 1. The van der Waals surface area contributed by atoms with Crippen molar-refractivity contribution in [3.8, 4) is 0 Å². The fourth-order valence-electron chi connectivity index (χ4n) is 1.41. The smallest absolute Gasteiger partial charge is 0.337 e. The first-order valence-electron chi connectivity index (χ1n) is 4.47. The number of carboxylic acid groups (broad SMARTS) is 1. The molecule has 0 bridgehead atoms. The number of thioether (sulfide) groups is 1. The number of benzene rings is 1. The second-order valence-electron chi connectivity index (χ2n) is 3.13. The molecule has 0 radical (unpaired) electrons. The van der Waals surface area contributed by atoms with Crippen LogP contribution in [-0.2, 0) is 4.79 Å². The highest BCUT2D eigenvalue weighted by Gasteiger charge is 2.19. The van der Waals surface area contributed by atoms with Gasteiger partial charge in [-0.2, -0.15) is 0 Å². The van der Waals surface area contributed by atoms with Gasteiger partial charge in [-0.25, -0.2) is 4.79 Å². The van der Waals surface area contributed by atoms with Gasteiger partial charge in [-0.05, 0) is 12.1 Å². The number of aromatic carboxylic acids is 1. The summed E-state index contributed by atoms with van der Waals surface area (Å²) in [5.41, 5.74) is 0.577. The van der Waals surface area contributed by atoms with Crippen LogP contribution in [0, 0.1) is 0 Å². The molecule has 1 aromatic rings. The number of fused-ring (bicyclic) bond motifs is 1. The van der Waals surface area contributed by atoms with Gasteiger partial charge in [0.2, 0.25) is 5.91 Å². The van der Waals surface area contributed by atoms with Crippen LogP contribution in [-0.4, -0.2) is 22.7 Å². The second-order valence-corrected chi connectivity index (χ2v) is 4.27. The van der Waals surface area contributed by atoms with E-state index in [1.165, 1.54) is 17.8 Å². The van der Waals surface area contributed by atoms with Gasteiger partial charge in [0.05, 0.1) is 11.3 Å². The molecule has 2 N–H and O–H groups in total. The number of hydrogen-bond acceptors (Lipinski definition) is 3. The van der Waals surface area contributed by atoms with Crippen LogP contribution in [0.3, 0.4) is 0 Å². The summed E-state index contributed by atoms with van der Waals surface area (Å²) in [4.78, 5) is 23.1. The molecule has 1 aliphatic rings. The van der Waals surface area contributed by atoms with E-state index in [1.807, 2.05) is 6.07 Å². The van der Waals surface area contributed by atoms with Gasteiger partial charge in [0.25, 0.3) is 0 Å². The van der Waals surface area contributed by atoms with E-state index in [-0.39, 0.29) is 11.5 Å². The van der Waals surface area contributed by atoms with Crippen LogP contribution in [0.1, 0.15) is 16.8 Å². The minimum atomic E-state index is -1.02. The number of amides is 1. The number of carbonyl (C=O) groups excluding carboxylic acids is 1. The molecule has 1 aliphatic heterocycles. The Morgan fingerprint density at radius 1 is 1.47 bits per heavy atom. The molecule has 15 heavy (non-hydrogen) atoms. The van der Waals surface area contributed by atoms with E-state index in [4.69, 9.17) is 5.11 Å². The SMILES string of the molecule is O=C1CCSc2cccc(C(=O)O)c2N1. The van der Waals surface area contributed by atoms with Crippen molar-refractivity contribution in [2.75, 3.05) is 11.1 Å². The molecule has 4 nitrogen and oxygen atoms in total. The molecule has 0 unspecified atom stereocenters. The third kappa shape index (κ3) is 1.97. The summed E-state index contributed by atoms with van der Waals surface area (Å²) in [5.74, 6) is -0.466. The van der Waals surface area contributed by atoms with Crippen LogP contribution in [0.5, 0.6) is 0 Å². The van der Waals surface area contributed by atoms with Crippen LogP contribution in [0.25, 0.3) is 0 Å². The van der Waals surface area contributed by atoms with Gasteiger partial charge in [0.15, 0.2) is 0 Å². The Labute approximate surface area is 90.7 Å². The van der Waals surface area contributed by atoms with Crippen molar-refractivity contribution < 1.29 is 14.7 Å². The topological polar surface area (TPSA) is 66.4 Å². The molecule has 1 aromatic carbocycles. The molecule has 78 valence electrons. The van der Waals surface area contributed by atoms with E-state index < -0.39 is 5.97 Å². The Morgan fingerprint density at radius 3 is 3.00 bits per heavy atom. The van der Waals surface area contributed by atoms with Crippen LogP contribution in [0.2, 0.25) is 0 Å². The minimum absolute atomic E-state index is 0.130. The Hall–Kier alpha value is -1.49. The number of carbonyl (C=O) groups is 2. The van der Waals surface area contributed by atoms with Crippen molar-refractivity contribution in [1.29, 1.82) is 0 Å². The van der Waals surface area contributed by atoms with Gasteiger partial charge in [0.1, 0.15) is 0 Å². The summed E-state index contributed by atoms with van der Waals surface area (Å²) in [6, 6.07) is 5.00. The van der Waals surface area contributed by atoms with Crippen LogP contribution >= 0.6 is 11.8 Å². The first-order valence-corrected chi connectivity index (χ1v) is 5.46. The first-order chi connectivity index (χ1) is 7.18. The van der Waals surface area contributed by atoms with Crippen molar-refractivity contribution in [1.82, 2.24) is 0 Å². The second kappa shape index (κ2) is 3.94. The number of rotatable bonds is 1. The lowest BCUT2D eigenvalue weighted by Gasteiger charge is -2.08. The zero-order valence-electron chi connectivity index (χ0n) is 7.82. The van der Waals surface area contributed by atoms with Crippen molar-refractivity contribution >= 4 is 29.3 Å². The van der Waals surface area contributed by atoms with E-state index >= 15 is 0 Å². The highest BCUT2D eigenvalue weighted by Crippen LogP contribution is 2.33. The van der Waals surface area contributed by atoms with Gasteiger partial charge in [-0.15, -0.1) is 11.8 Å². The van der Waals surface area contributed by atoms with Gasteiger partial charge in [0, 0.05) is 17.1 Å². The molecule has 1 amide bonds. The van der Waals surface area contributed by atoms with Gasteiger partial charge < -0.3 is 10.4 Å². The lowest BCUT2D eigenvalue weighted by Crippen LogP contribution is -2.13. The van der Waals surface area contributed by atoms with Crippen LogP contribution in [0.4, 0.5) is 5.69 Å². The molecule has 0 saturated carbocycles. The molecule has 0 spiro atoms. The molecule has 0 fully saturated rings. The third-order valence-corrected chi connectivity index (χ3v) is 3.17. The Balaban J connectivity index is 2.52. The summed E-state index contributed by atoms with van der Waals surface area (Å²) in [6.07, 6.45) is 0.415. The van der Waals surface area contributed by atoms with Crippen LogP contribution in [0.15, 0.2) is 23.1 Å². The minimum Gasteiger partial charge on any atom is -0.478 e. The molecule has 0 atom stereocenters. The summed E-state index contributed by atoms with van der Waals surface area (Å²) in [7, 11) is 0. The predicted octanol–water partition coefficient (Wildman–Crippen LogP) is 1.82. The molecule has 0 saturated heterocycles. The summed E-state index contributed by atoms with van der Waals surface area (Å²) >= 11 is 1.50. The maximum atomic E-state index is 11.3. The highest BCUT2D eigenvalue weighted by atomic mass is 32.2. The van der Waals surface area contributed by atoms with Crippen molar-refractivity contribution in [3.05, 3.63) is 23.8 Å². The predicted molar refractivity (Wildman–Crippen MR) is 57.4 cm³/mol. The lowest BCUT2D eigenvalue weighted by molar-refractivity contribution is -0.115. The van der Waals surface area contributed by atoms with Gasteiger partial charge in [-0.3, -0.25) is 4.79 Å². The van der Waals surface area contributed by atoms with Crippen LogP contribution < -0.4 is 5.32 Å². The molecular formula is C10H9NO3S. The average Bonchev–Trinajstić information content (AvgIpc) is 2.37. The molecule has 0 aromatic heterocycles. The van der Waals surface area contributed by atoms with E-state index in [1.54, 1.807) is 6.07 Å². The van der Waals surface area contributed by atoms with Gasteiger partial charge in [-0.1, -0.05) is 6.07 Å². The summed E-state index contributed by atoms with van der Waals surface area (Å²) < 4.78 is 0. The monoisotopic (exact) mass is 223 g/mol. The van der Waals surface area contributed by atoms with Crippen molar-refractivity contribution in [3.63, 3.8) is 0 Å². The van der Waals surface area contributed by atoms with E-state index in [0.29, 0.717) is 17.9 Å². The molecule has 1 heterocycles. The third-order valence-electron chi connectivity index (χ3n) is 2.11.